The first-order valence-corrected chi connectivity index (χ1v) is 9.60. The van der Waals surface area contributed by atoms with Crippen molar-refractivity contribution in [2.24, 2.45) is 10.9 Å². The summed E-state index contributed by atoms with van der Waals surface area (Å²) in [7, 11) is 3.54. The molecule has 1 N–H and O–H groups in total. The molecule has 2 fully saturated rings. The molecule has 2 heterocycles. The van der Waals surface area contributed by atoms with Gasteiger partial charge in [0.05, 0.1) is 6.61 Å². The number of rotatable bonds is 7. The van der Waals surface area contributed by atoms with Crippen molar-refractivity contribution in [1.82, 2.24) is 20.0 Å². The largest absolute Gasteiger partial charge is 0.381 e. The molecule has 0 aliphatic carbocycles. The quantitative estimate of drug-likeness (QED) is 0.335. The van der Waals surface area contributed by atoms with Crippen molar-refractivity contribution in [3.8, 4) is 0 Å². The third-order valence-corrected chi connectivity index (χ3v) is 5.23. The van der Waals surface area contributed by atoms with Gasteiger partial charge in [-0.1, -0.05) is 13.8 Å². The van der Waals surface area contributed by atoms with Gasteiger partial charge < -0.3 is 19.9 Å². The molecule has 0 spiro atoms. The molecule has 2 saturated heterocycles. The number of amides is 1. The van der Waals surface area contributed by atoms with Crippen molar-refractivity contribution in [3.63, 3.8) is 0 Å². The molecule has 0 aromatic carbocycles. The summed E-state index contributed by atoms with van der Waals surface area (Å²) in [5, 5.41) is 3.50. The van der Waals surface area contributed by atoms with Crippen LogP contribution in [0.25, 0.3) is 0 Å². The molecule has 0 aromatic rings. The van der Waals surface area contributed by atoms with Gasteiger partial charge in [-0.3, -0.25) is 9.69 Å². The maximum atomic E-state index is 11.9. The monoisotopic (exact) mass is 481 g/mol. The van der Waals surface area contributed by atoms with Gasteiger partial charge >= 0.3 is 0 Å². The van der Waals surface area contributed by atoms with Crippen LogP contribution in [0.15, 0.2) is 4.99 Å². The molecule has 2 aliphatic rings. The zero-order chi connectivity index (χ0) is 18.2. The minimum absolute atomic E-state index is 0. The normalized spacial score (nSPS) is 23.3. The second-order valence-electron chi connectivity index (χ2n) is 7.15. The number of hydrogen-bond donors (Lipinski definition) is 1. The Balaban J connectivity index is 0.00000338. The van der Waals surface area contributed by atoms with Crippen LogP contribution in [-0.2, 0) is 9.53 Å². The Morgan fingerprint density at radius 1 is 1.27 bits per heavy atom. The van der Waals surface area contributed by atoms with E-state index in [4.69, 9.17) is 4.74 Å². The highest BCUT2D eigenvalue weighted by atomic mass is 127. The first-order chi connectivity index (χ1) is 12.0. The molecule has 0 bridgehead atoms. The summed E-state index contributed by atoms with van der Waals surface area (Å²) in [6.07, 6.45) is 2.25. The molecular formula is C18H36IN5O2. The SMILES string of the molecule is CCN(CC)C1CCN(C(=NCC(=O)N(C)C)NCC2CCOC2)C1.I. The van der Waals surface area contributed by atoms with Crippen LogP contribution in [0.4, 0.5) is 0 Å². The van der Waals surface area contributed by atoms with Crippen molar-refractivity contribution >= 4 is 35.8 Å². The van der Waals surface area contributed by atoms with Crippen LogP contribution >= 0.6 is 24.0 Å². The van der Waals surface area contributed by atoms with E-state index in [9.17, 15) is 4.79 Å². The topological polar surface area (TPSA) is 60.4 Å². The summed E-state index contributed by atoms with van der Waals surface area (Å²) in [6.45, 7) is 11.3. The number of guanidine groups is 1. The molecule has 2 aliphatic heterocycles. The zero-order valence-corrected chi connectivity index (χ0v) is 19.1. The first kappa shape index (κ1) is 23.4. The van der Waals surface area contributed by atoms with Crippen LogP contribution in [-0.4, -0.2) is 99.2 Å². The smallest absolute Gasteiger partial charge is 0.243 e. The number of nitrogens with zero attached hydrogens (tertiary/aromatic N) is 4. The van der Waals surface area contributed by atoms with E-state index in [1.54, 1.807) is 19.0 Å². The third kappa shape index (κ3) is 6.84. The lowest BCUT2D eigenvalue weighted by Crippen LogP contribution is -2.45. The summed E-state index contributed by atoms with van der Waals surface area (Å²) >= 11 is 0. The van der Waals surface area contributed by atoms with Crippen molar-refractivity contribution in [2.45, 2.75) is 32.7 Å². The van der Waals surface area contributed by atoms with E-state index >= 15 is 0 Å². The van der Waals surface area contributed by atoms with Gasteiger partial charge in [0.1, 0.15) is 6.54 Å². The lowest BCUT2D eigenvalue weighted by molar-refractivity contribution is -0.127. The van der Waals surface area contributed by atoms with E-state index < -0.39 is 0 Å². The van der Waals surface area contributed by atoms with Crippen LogP contribution in [0, 0.1) is 5.92 Å². The number of carbonyl (C=O) groups is 1. The maximum Gasteiger partial charge on any atom is 0.243 e. The van der Waals surface area contributed by atoms with Crippen LogP contribution in [0.5, 0.6) is 0 Å². The molecule has 2 rings (SSSR count). The van der Waals surface area contributed by atoms with E-state index in [0.717, 1.165) is 64.7 Å². The Hall–Kier alpha value is -0.610. The van der Waals surface area contributed by atoms with Crippen LogP contribution in [0.3, 0.4) is 0 Å². The first-order valence-electron chi connectivity index (χ1n) is 9.60. The van der Waals surface area contributed by atoms with E-state index in [2.05, 4.69) is 34.0 Å². The fourth-order valence-corrected chi connectivity index (χ4v) is 3.50. The fourth-order valence-electron chi connectivity index (χ4n) is 3.50. The number of likely N-dealkylation sites (N-methyl/N-ethyl adjacent to an activating group) is 2. The second-order valence-corrected chi connectivity index (χ2v) is 7.15. The van der Waals surface area contributed by atoms with Gasteiger partial charge in [-0.2, -0.15) is 0 Å². The summed E-state index contributed by atoms with van der Waals surface area (Å²) in [5.41, 5.74) is 0. The van der Waals surface area contributed by atoms with Crippen molar-refractivity contribution < 1.29 is 9.53 Å². The Morgan fingerprint density at radius 3 is 2.58 bits per heavy atom. The van der Waals surface area contributed by atoms with Gasteiger partial charge in [0.2, 0.25) is 5.91 Å². The third-order valence-electron chi connectivity index (χ3n) is 5.23. The molecule has 26 heavy (non-hydrogen) atoms. The molecular weight excluding hydrogens is 445 g/mol. The number of aliphatic imine (C=N–C) groups is 1. The Labute approximate surface area is 175 Å². The minimum atomic E-state index is 0. The average molecular weight is 481 g/mol. The molecule has 1 amide bonds. The van der Waals surface area contributed by atoms with Crippen molar-refractivity contribution in [2.75, 3.05) is 66.6 Å². The number of hydrogen-bond acceptors (Lipinski definition) is 4. The highest BCUT2D eigenvalue weighted by Crippen LogP contribution is 2.16. The lowest BCUT2D eigenvalue weighted by Gasteiger charge is -2.27. The molecule has 0 saturated carbocycles. The van der Waals surface area contributed by atoms with Gasteiger partial charge in [-0.15, -0.1) is 24.0 Å². The molecule has 7 nitrogen and oxygen atoms in total. The Kier molecular flexibility index (Phi) is 10.8. The standard InChI is InChI=1S/C18H35N5O2.HI/c1-5-22(6-2)16-7-9-23(13-16)18(20-12-17(24)21(3)4)19-11-15-8-10-25-14-15;/h15-16H,5-14H2,1-4H3,(H,19,20);1H. The second kappa shape index (κ2) is 12.0. The molecule has 2 unspecified atom stereocenters. The molecule has 0 radical (unpaired) electrons. The van der Waals surface area contributed by atoms with Crippen LogP contribution in [0.2, 0.25) is 0 Å². The molecule has 2 atom stereocenters. The predicted molar refractivity (Wildman–Crippen MR) is 116 cm³/mol. The lowest BCUT2D eigenvalue weighted by atomic mass is 10.1. The van der Waals surface area contributed by atoms with E-state index in [1.807, 2.05) is 0 Å². The highest BCUT2D eigenvalue weighted by Gasteiger charge is 2.28. The van der Waals surface area contributed by atoms with E-state index in [1.165, 1.54) is 0 Å². The number of likely N-dealkylation sites (tertiary alicyclic amines) is 1. The van der Waals surface area contributed by atoms with E-state index in [-0.39, 0.29) is 36.4 Å². The van der Waals surface area contributed by atoms with Gasteiger partial charge in [-0.25, -0.2) is 4.99 Å². The van der Waals surface area contributed by atoms with Gasteiger partial charge in [-0.05, 0) is 25.9 Å². The maximum absolute atomic E-state index is 11.9. The average Bonchev–Trinajstić information content (AvgIpc) is 3.28. The summed E-state index contributed by atoms with van der Waals surface area (Å²) < 4.78 is 5.46. The predicted octanol–water partition coefficient (Wildman–Crippen LogP) is 1.09. The fraction of sp³-hybridized carbons (Fsp3) is 0.889. The number of ether oxygens (including phenoxy) is 1. The van der Waals surface area contributed by atoms with E-state index in [0.29, 0.717) is 12.0 Å². The van der Waals surface area contributed by atoms with Crippen LogP contribution in [0.1, 0.15) is 26.7 Å². The molecule has 0 aromatic heterocycles. The summed E-state index contributed by atoms with van der Waals surface area (Å²) in [5.74, 6) is 1.44. The number of carbonyl (C=O) groups excluding carboxylic acids is 1. The highest BCUT2D eigenvalue weighted by molar-refractivity contribution is 14.0. The van der Waals surface area contributed by atoms with Gasteiger partial charge in [0.15, 0.2) is 5.96 Å². The number of nitrogens with one attached hydrogen (secondary N) is 1. The Morgan fingerprint density at radius 2 is 2.00 bits per heavy atom. The Bertz CT molecular complexity index is 451. The van der Waals surface area contributed by atoms with Gasteiger partial charge in [0.25, 0.3) is 0 Å². The summed E-state index contributed by atoms with van der Waals surface area (Å²) in [4.78, 5) is 23.0. The zero-order valence-electron chi connectivity index (χ0n) is 16.7. The molecule has 152 valence electrons. The van der Waals surface area contributed by atoms with Crippen LogP contribution < -0.4 is 5.32 Å². The summed E-state index contributed by atoms with van der Waals surface area (Å²) in [6, 6.07) is 0.571. The van der Waals surface area contributed by atoms with Gasteiger partial charge in [0, 0.05) is 52.3 Å². The molecule has 8 heteroatoms. The minimum Gasteiger partial charge on any atom is -0.381 e. The number of halogens is 1. The van der Waals surface area contributed by atoms with Crippen molar-refractivity contribution in [1.29, 1.82) is 0 Å². The van der Waals surface area contributed by atoms with Crippen molar-refractivity contribution in [3.05, 3.63) is 0 Å².